The zero-order valence-electron chi connectivity index (χ0n) is 12.7. The third-order valence-corrected chi connectivity index (χ3v) is 4.47. The summed E-state index contributed by atoms with van der Waals surface area (Å²) < 4.78 is 4.98. The van der Waals surface area contributed by atoms with Crippen molar-refractivity contribution in [3.63, 3.8) is 0 Å². The van der Waals surface area contributed by atoms with Crippen LogP contribution in [-0.4, -0.2) is 23.1 Å². The summed E-state index contributed by atoms with van der Waals surface area (Å²) in [4.78, 5) is 22.9. The average Bonchev–Trinajstić information content (AvgIpc) is 2.53. The number of ether oxygens (including phenoxy) is 1. The average molecular weight is 370 g/mol. The van der Waals surface area contributed by atoms with Crippen LogP contribution in [0.3, 0.4) is 0 Å². The van der Waals surface area contributed by atoms with Gasteiger partial charge in [0.15, 0.2) is 0 Å². The van der Waals surface area contributed by atoms with Crippen molar-refractivity contribution in [2.45, 2.75) is 12.3 Å². The first-order valence-corrected chi connectivity index (χ1v) is 7.49. The summed E-state index contributed by atoms with van der Waals surface area (Å²) in [6, 6.07) is 8.63. The molecule has 1 N–H and O–H groups in total. The van der Waals surface area contributed by atoms with E-state index in [9.17, 15) is 20.0 Å². The van der Waals surface area contributed by atoms with Gasteiger partial charge in [0.2, 0.25) is 0 Å². The van der Waals surface area contributed by atoms with Crippen LogP contribution >= 0.6 is 23.2 Å². The first kappa shape index (κ1) is 18.0. The largest absolute Gasteiger partial charge is 0.495 e. The van der Waals surface area contributed by atoms with E-state index in [4.69, 9.17) is 27.9 Å². The lowest BCUT2D eigenvalue weighted by atomic mass is 9.75. The van der Waals surface area contributed by atoms with Crippen molar-refractivity contribution in [2.75, 3.05) is 7.11 Å². The number of methoxy groups -OCH3 is 1. The van der Waals surface area contributed by atoms with Gasteiger partial charge in [-0.05, 0) is 24.6 Å². The molecule has 0 saturated carbocycles. The molecule has 0 amide bonds. The molecule has 0 aliphatic rings. The van der Waals surface area contributed by atoms with Gasteiger partial charge >= 0.3 is 5.97 Å². The van der Waals surface area contributed by atoms with E-state index < -0.39 is 22.0 Å². The number of aliphatic carboxylic acids is 1. The molecule has 0 aromatic heterocycles. The molecular formula is C16H13Cl2NO5. The molecule has 0 heterocycles. The van der Waals surface area contributed by atoms with Crippen LogP contribution in [0.25, 0.3) is 0 Å². The minimum atomic E-state index is -1.77. The minimum absolute atomic E-state index is 0.0672. The first-order valence-electron chi connectivity index (χ1n) is 6.74. The number of carboxylic acid groups (broad SMARTS) is 1. The predicted molar refractivity (Wildman–Crippen MR) is 90.2 cm³/mol. The van der Waals surface area contributed by atoms with E-state index in [-0.39, 0.29) is 26.9 Å². The SMILES string of the molecule is COc1cc([N+](=O)[O-])c(C(C)(C(=O)O)c2ccccc2Cl)cc1Cl. The molecule has 24 heavy (non-hydrogen) atoms. The van der Waals surface area contributed by atoms with Crippen molar-refractivity contribution in [3.8, 4) is 5.75 Å². The van der Waals surface area contributed by atoms with Crippen molar-refractivity contribution in [1.82, 2.24) is 0 Å². The van der Waals surface area contributed by atoms with Gasteiger partial charge in [-0.25, -0.2) is 0 Å². The number of halogens is 2. The molecule has 0 radical (unpaired) electrons. The summed E-state index contributed by atoms with van der Waals surface area (Å²) in [5, 5.41) is 21.6. The zero-order chi connectivity index (χ0) is 18.1. The van der Waals surface area contributed by atoms with Crippen LogP contribution < -0.4 is 4.74 Å². The molecule has 6 nitrogen and oxygen atoms in total. The van der Waals surface area contributed by atoms with Crippen molar-refractivity contribution in [1.29, 1.82) is 0 Å². The Morgan fingerprint density at radius 2 is 1.83 bits per heavy atom. The lowest BCUT2D eigenvalue weighted by molar-refractivity contribution is -0.386. The van der Waals surface area contributed by atoms with Crippen molar-refractivity contribution < 1.29 is 19.6 Å². The molecule has 2 rings (SSSR count). The van der Waals surface area contributed by atoms with Gasteiger partial charge in [-0.15, -0.1) is 0 Å². The zero-order valence-corrected chi connectivity index (χ0v) is 14.3. The maximum Gasteiger partial charge on any atom is 0.318 e. The first-order chi connectivity index (χ1) is 11.2. The molecular weight excluding hydrogens is 357 g/mol. The normalized spacial score (nSPS) is 13.2. The molecule has 126 valence electrons. The Kier molecular flexibility index (Phi) is 5.01. The Morgan fingerprint density at radius 1 is 1.21 bits per heavy atom. The summed E-state index contributed by atoms with van der Waals surface area (Å²) >= 11 is 12.2. The Morgan fingerprint density at radius 3 is 2.33 bits per heavy atom. The van der Waals surface area contributed by atoms with Crippen LogP contribution in [0.4, 0.5) is 5.69 Å². The van der Waals surface area contributed by atoms with Crippen LogP contribution in [0.2, 0.25) is 10.0 Å². The second-order valence-corrected chi connectivity index (χ2v) is 5.99. The van der Waals surface area contributed by atoms with E-state index in [2.05, 4.69) is 0 Å². The van der Waals surface area contributed by atoms with Gasteiger partial charge in [0.25, 0.3) is 5.69 Å². The van der Waals surface area contributed by atoms with Gasteiger partial charge < -0.3 is 9.84 Å². The highest BCUT2D eigenvalue weighted by atomic mass is 35.5. The quantitative estimate of drug-likeness (QED) is 0.626. The molecule has 0 saturated heterocycles. The number of hydrogen-bond donors (Lipinski definition) is 1. The summed E-state index contributed by atoms with van der Waals surface area (Å²) in [5.41, 5.74) is -2.04. The van der Waals surface area contributed by atoms with Gasteiger partial charge in [-0.1, -0.05) is 41.4 Å². The van der Waals surface area contributed by atoms with E-state index in [0.717, 1.165) is 6.07 Å². The molecule has 0 aliphatic heterocycles. The Labute approximate surface area is 147 Å². The highest BCUT2D eigenvalue weighted by Crippen LogP contribution is 2.44. The van der Waals surface area contributed by atoms with E-state index >= 15 is 0 Å². The Balaban J connectivity index is 2.87. The number of nitro benzene ring substituents is 1. The minimum Gasteiger partial charge on any atom is -0.495 e. The number of rotatable bonds is 5. The highest BCUT2D eigenvalue weighted by molar-refractivity contribution is 6.32. The van der Waals surface area contributed by atoms with Crippen molar-refractivity contribution >= 4 is 34.9 Å². The van der Waals surface area contributed by atoms with E-state index in [1.165, 1.54) is 32.2 Å². The number of benzene rings is 2. The van der Waals surface area contributed by atoms with Gasteiger partial charge in [0, 0.05) is 5.02 Å². The van der Waals surface area contributed by atoms with E-state index in [1.807, 2.05) is 0 Å². The standard InChI is InChI=1S/C16H13Cl2NO5/c1-16(15(20)21,9-5-3-4-6-11(9)17)10-7-12(18)14(24-2)8-13(10)19(22)23/h3-8H,1-2H3,(H,20,21). The van der Waals surface area contributed by atoms with Crippen LogP contribution in [0, 0.1) is 10.1 Å². The van der Waals surface area contributed by atoms with E-state index in [1.54, 1.807) is 12.1 Å². The van der Waals surface area contributed by atoms with Gasteiger partial charge in [-0.2, -0.15) is 0 Å². The number of carbonyl (C=O) groups is 1. The highest BCUT2D eigenvalue weighted by Gasteiger charge is 2.44. The predicted octanol–water partition coefficient (Wildman–Crippen LogP) is 4.30. The second-order valence-electron chi connectivity index (χ2n) is 5.17. The third-order valence-electron chi connectivity index (χ3n) is 3.85. The van der Waals surface area contributed by atoms with Crippen LogP contribution in [-0.2, 0) is 10.2 Å². The third kappa shape index (κ3) is 2.90. The van der Waals surface area contributed by atoms with Crippen LogP contribution in [0.1, 0.15) is 18.1 Å². The number of nitrogens with zero attached hydrogens (tertiary/aromatic N) is 1. The molecule has 2 aromatic carbocycles. The van der Waals surface area contributed by atoms with Gasteiger partial charge in [0.05, 0.1) is 28.7 Å². The molecule has 1 unspecified atom stereocenters. The van der Waals surface area contributed by atoms with Gasteiger partial charge in [-0.3, -0.25) is 14.9 Å². The fourth-order valence-corrected chi connectivity index (χ4v) is 3.06. The fraction of sp³-hybridized carbons (Fsp3) is 0.188. The topological polar surface area (TPSA) is 89.7 Å². The summed E-state index contributed by atoms with van der Waals surface area (Å²) in [5.74, 6) is -1.21. The molecule has 8 heteroatoms. The number of carboxylic acids is 1. The molecule has 2 aromatic rings. The van der Waals surface area contributed by atoms with E-state index in [0.29, 0.717) is 0 Å². The van der Waals surface area contributed by atoms with Crippen LogP contribution in [0.15, 0.2) is 36.4 Å². The Bertz CT molecular complexity index is 824. The number of hydrogen-bond acceptors (Lipinski definition) is 4. The van der Waals surface area contributed by atoms with Crippen LogP contribution in [0.5, 0.6) is 5.75 Å². The second kappa shape index (κ2) is 6.67. The Hall–Kier alpha value is -2.31. The maximum atomic E-state index is 12.1. The summed E-state index contributed by atoms with van der Waals surface area (Å²) in [6.45, 7) is 1.35. The number of nitro groups is 1. The maximum absolute atomic E-state index is 12.1. The molecule has 0 fully saturated rings. The summed E-state index contributed by atoms with van der Waals surface area (Å²) in [7, 11) is 1.31. The van der Waals surface area contributed by atoms with Crippen molar-refractivity contribution in [2.24, 2.45) is 0 Å². The molecule has 0 bridgehead atoms. The summed E-state index contributed by atoms with van der Waals surface area (Å²) in [6.07, 6.45) is 0. The van der Waals surface area contributed by atoms with Crippen molar-refractivity contribution in [3.05, 3.63) is 67.7 Å². The smallest absolute Gasteiger partial charge is 0.318 e. The molecule has 0 spiro atoms. The fourth-order valence-electron chi connectivity index (χ4n) is 2.49. The monoisotopic (exact) mass is 369 g/mol. The lowest BCUT2D eigenvalue weighted by Gasteiger charge is -2.27. The van der Waals surface area contributed by atoms with Gasteiger partial charge in [0.1, 0.15) is 11.2 Å². The lowest BCUT2D eigenvalue weighted by Crippen LogP contribution is -2.34. The molecule has 1 atom stereocenters. The molecule has 0 aliphatic carbocycles.